The molecule has 0 radical (unpaired) electrons. The lowest BCUT2D eigenvalue weighted by atomic mass is 10.1. The molecule has 1 aliphatic heterocycles. The van der Waals surface area contributed by atoms with Gasteiger partial charge in [0.05, 0.1) is 15.7 Å². The van der Waals surface area contributed by atoms with Crippen LogP contribution in [0.15, 0.2) is 35.2 Å². The van der Waals surface area contributed by atoms with Gasteiger partial charge < -0.3 is 4.90 Å². The number of sulfonamides is 1. The van der Waals surface area contributed by atoms with E-state index in [1.165, 1.54) is 29.7 Å². The predicted molar refractivity (Wildman–Crippen MR) is 94.6 cm³/mol. The molecule has 2 aromatic rings. The van der Waals surface area contributed by atoms with E-state index >= 15 is 0 Å². The van der Waals surface area contributed by atoms with Gasteiger partial charge in [0.2, 0.25) is 15.9 Å². The zero-order chi connectivity index (χ0) is 17.5. The first kappa shape index (κ1) is 17.4. The lowest BCUT2D eigenvalue weighted by Crippen LogP contribution is -2.26. The van der Waals surface area contributed by atoms with Gasteiger partial charge in [-0.1, -0.05) is 17.7 Å². The van der Waals surface area contributed by atoms with E-state index in [2.05, 4.69) is 0 Å². The van der Waals surface area contributed by atoms with Crippen molar-refractivity contribution < 1.29 is 13.2 Å². The Hall–Kier alpha value is -1.41. The molecule has 1 aliphatic rings. The number of benzene rings is 1. The van der Waals surface area contributed by atoms with E-state index in [0.29, 0.717) is 23.8 Å². The molecule has 1 aromatic carbocycles. The summed E-state index contributed by atoms with van der Waals surface area (Å²) in [6, 6.07) is 8.70. The molecule has 0 N–H and O–H groups in total. The molecule has 0 unspecified atom stereocenters. The van der Waals surface area contributed by atoms with E-state index in [0.717, 1.165) is 16.0 Å². The predicted octanol–water partition coefficient (Wildman–Crippen LogP) is 2.74. The standard InChI is InChI=1S/C16H17ClN2O3S2/c1-18(2)24(21,22)14-5-3-11-9-19(10-12(11)7-14)16(20)8-13-4-6-15(17)23-13/h3-7H,8-10H2,1-2H3. The van der Waals surface area contributed by atoms with Crippen LogP contribution in [-0.2, 0) is 34.3 Å². The number of hydrogen-bond donors (Lipinski definition) is 0. The number of nitrogens with zero attached hydrogens (tertiary/aromatic N) is 2. The van der Waals surface area contributed by atoms with E-state index in [-0.39, 0.29) is 10.8 Å². The van der Waals surface area contributed by atoms with Crippen LogP contribution >= 0.6 is 22.9 Å². The molecule has 0 atom stereocenters. The summed E-state index contributed by atoms with van der Waals surface area (Å²) in [5.74, 6) is 0.0155. The van der Waals surface area contributed by atoms with E-state index in [1.54, 1.807) is 29.2 Å². The summed E-state index contributed by atoms with van der Waals surface area (Å²) in [7, 11) is -0.456. The Kier molecular flexibility index (Phi) is 4.70. The van der Waals surface area contributed by atoms with Crippen molar-refractivity contribution >= 4 is 38.9 Å². The summed E-state index contributed by atoms with van der Waals surface area (Å²) in [4.78, 5) is 15.4. The zero-order valence-corrected chi connectivity index (χ0v) is 15.7. The van der Waals surface area contributed by atoms with Crippen molar-refractivity contribution in [3.05, 3.63) is 50.7 Å². The summed E-state index contributed by atoms with van der Waals surface area (Å²) >= 11 is 7.30. The van der Waals surface area contributed by atoms with E-state index in [9.17, 15) is 13.2 Å². The Labute approximate surface area is 150 Å². The Morgan fingerprint density at radius 2 is 1.92 bits per heavy atom. The van der Waals surface area contributed by atoms with E-state index in [1.807, 2.05) is 6.07 Å². The normalized spacial score (nSPS) is 14.2. The highest BCUT2D eigenvalue weighted by Crippen LogP contribution is 2.28. The second-order valence-electron chi connectivity index (χ2n) is 5.85. The van der Waals surface area contributed by atoms with Crippen molar-refractivity contribution in [3.63, 3.8) is 0 Å². The molecule has 0 saturated carbocycles. The fraction of sp³-hybridized carbons (Fsp3) is 0.312. The van der Waals surface area contributed by atoms with Crippen LogP contribution in [0.25, 0.3) is 0 Å². The molecule has 0 spiro atoms. The quantitative estimate of drug-likeness (QED) is 0.814. The van der Waals surface area contributed by atoms with Crippen LogP contribution in [0.2, 0.25) is 4.34 Å². The average molecular weight is 385 g/mol. The van der Waals surface area contributed by atoms with Gasteiger partial charge in [-0.05, 0) is 35.4 Å². The third kappa shape index (κ3) is 3.35. The molecule has 0 fully saturated rings. The number of halogens is 1. The van der Waals surface area contributed by atoms with Crippen LogP contribution < -0.4 is 0 Å². The number of carbonyl (C=O) groups excluding carboxylic acids is 1. The molecule has 5 nitrogen and oxygen atoms in total. The minimum absolute atomic E-state index is 0.0155. The van der Waals surface area contributed by atoms with Gasteiger partial charge in [-0.15, -0.1) is 11.3 Å². The van der Waals surface area contributed by atoms with Crippen molar-refractivity contribution in [2.24, 2.45) is 0 Å². The smallest absolute Gasteiger partial charge is 0.242 e. The third-order valence-corrected chi connectivity index (χ3v) is 7.03. The lowest BCUT2D eigenvalue weighted by molar-refractivity contribution is -0.131. The van der Waals surface area contributed by atoms with Gasteiger partial charge in [0.15, 0.2) is 0 Å². The minimum Gasteiger partial charge on any atom is -0.334 e. The largest absolute Gasteiger partial charge is 0.334 e. The SMILES string of the molecule is CN(C)S(=O)(=O)c1ccc2c(c1)CN(C(=O)Cc1ccc(Cl)s1)C2. The Bertz CT molecular complexity index is 890. The lowest BCUT2D eigenvalue weighted by Gasteiger charge is -2.14. The molecule has 2 heterocycles. The van der Waals surface area contributed by atoms with E-state index in [4.69, 9.17) is 11.6 Å². The average Bonchev–Trinajstić information content (AvgIpc) is 3.12. The number of hydrogen-bond acceptors (Lipinski definition) is 4. The van der Waals surface area contributed by atoms with Gasteiger partial charge in [-0.2, -0.15) is 0 Å². The fourth-order valence-electron chi connectivity index (χ4n) is 2.63. The maximum absolute atomic E-state index is 12.4. The molecule has 1 aromatic heterocycles. The molecule has 0 bridgehead atoms. The topological polar surface area (TPSA) is 57.7 Å². The highest BCUT2D eigenvalue weighted by atomic mass is 35.5. The van der Waals surface area contributed by atoms with Crippen LogP contribution in [0, 0.1) is 0 Å². The highest BCUT2D eigenvalue weighted by Gasteiger charge is 2.26. The van der Waals surface area contributed by atoms with Crippen LogP contribution in [0.4, 0.5) is 0 Å². The first-order valence-corrected chi connectivity index (χ1v) is 9.97. The van der Waals surface area contributed by atoms with Gasteiger partial charge in [-0.25, -0.2) is 12.7 Å². The Morgan fingerprint density at radius 1 is 1.21 bits per heavy atom. The zero-order valence-electron chi connectivity index (χ0n) is 13.3. The van der Waals surface area contributed by atoms with E-state index < -0.39 is 10.0 Å². The first-order chi connectivity index (χ1) is 11.3. The van der Waals surface area contributed by atoms with Crippen LogP contribution in [0.3, 0.4) is 0 Å². The second kappa shape index (κ2) is 6.48. The highest BCUT2D eigenvalue weighted by molar-refractivity contribution is 7.89. The van der Waals surface area contributed by atoms with Crippen molar-refractivity contribution in [3.8, 4) is 0 Å². The monoisotopic (exact) mass is 384 g/mol. The first-order valence-electron chi connectivity index (χ1n) is 7.33. The van der Waals surface area contributed by atoms with Gasteiger partial charge >= 0.3 is 0 Å². The molecular formula is C16H17ClN2O3S2. The summed E-state index contributed by atoms with van der Waals surface area (Å²) in [5, 5.41) is 0. The molecule has 0 aliphatic carbocycles. The number of fused-ring (bicyclic) bond motifs is 1. The van der Waals surface area contributed by atoms with Crippen molar-refractivity contribution in [2.45, 2.75) is 24.4 Å². The Balaban J connectivity index is 1.76. The fourth-order valence-corrected chi connectivity index (χ4v) is 4.66. The molecule has 0 saturated heterocycles. The van der Waals surface area contributed by atoms with Crippen LogP contribution in [0.5, 0.6) is 0 Å². The van der Waals surface area contributed by atoms with Gasteiger partial charge in [-0.3, -0.25) is 4.79 Å². The van der Waals surface area contributed by atoms with Crippen LogP contribution in [0.1, 0.15) is 16.0 Å². The second-order valence-corrected chi connectivity index (χ2v) is 9.80. The minimum atomic E-state index is -3.47. The molecule has 8 heteroatoms. The maximum Gasteiger partial charge on any atom is 0.242 e. The van der Waals surface area contributed by atoms with Crippen molar-refractivity contribution in [1.82, 2.24) is 9.21 Å². The molecular weight excluding hydrogens is 368 g/mol. The van der Waals surface area contributed by atoms with Gasteiger partial charge in [0.25, 0.3) is 0 Å². The summed E-state index contributed by atoms with van der Waals surface area (Å²) in [6.45, 7) is 0.944. The summed E-state index contributed by atoms with van der Waals surface area (Å²) in [6.07, 6.45) is 0.314. The Morgan fingerprint density at radius 3 is 2.54 bits per heavy atom. The third-order valence-electron chi connectivity index (χ3n) is 3.99. The summed E-state index contributed by atoms with van der Waals surface area (Å²) in [5.41, 5.74) is 1.88. The van der Waals surface area contributed by atoms with Crippen LogP contribution in [-0.4, -0.2) is 37.6 Å². The molecule has 3 rings (SSSR count). The molecule has 24 heavy (non-hydrogen) atoms. The molecule has 1 amide bonds. The number of carbonyl (C=O) groups is 1. The van der Waals surface area contributed by atoms with Crippen molar-refractivity contribution in [2.75, 3.05) is 14.1 Å². The van der Waals surface area contributed by atoms with Gasteiger partial charge in [0.1, 0.15) is 0 Å². The number of amides is 1. The summed E-state index contributed by atoms with van der Waals surface area (Å²) < 4.78 is 26.3. The maximum atomic E-state index is 12.4. The van der Waals surface area contributed by atoms with Gasteiger partial charge in [0, 0.05) is 32.1 Å². The van der Waals surface area contributed by atoms with Crippen molar-refractivity contribution in [1.29, 1.82) is 0 Å². The molecule has 128 valence electrons. The number of rotatable bonds is 4. The number of thiophene rings is 1.